The topological polar surface area (TPSA) is 46.3 Å². The Morgan fingerprint density at radius 2 is 1.86 bits per heavy atom. The molecule has 0 aromatic heterocycles. The first-order valence-electron chi connectivity index (χ1n) is 6.48. The fourth-order valence-electron chi connectivity index (χ4n) is 2.06. The molecular weight excluding hydrogens is 291 g/mol. The van der Waals surface area contributed by atoms with Gasteiger partial charge in [-0.2, -0.15) is 0 Å². The van der Waals surface area contributed by atoms with Crippen molar-refractivity contribution in [1.82, 2.24) is 4.90 Å². The maximum Gasteiger partial charge on any atom is 0.256 e. The van der Waals surface area contributed by atoms with Crippen molar-refractivity contribution in [3.05, 3.63) is 64.4 Å². The lowest BCUT2D eigenvalue weighted by atomic mass is 10.1. The van der Waals surface area contributed by atoms with Gasteiger partial charge in [-0.1, -0.05) is 23.7 Å². The first-order valence-corrected chi connectivity index (χ1v) is 6.85. The summed E-state index contributed by atoms with van der Waals surface area (Å²) < 4.78 is 13.0. The van der Waals surface area contributed by atoms with E-state index in [-0.39, 0.29) is 17.8 Å². The van der Waals surface area contributed by atoms with Gasteiger partial charge in [0.2, 0.25) is 0 Å². The molecule has 0 aliphatic rings. The van der Waals surface area contributed by atoms with Gasteiger partial charge in [0.25, 0.3) is 5.91 Å². The van der Waals surface area contributed by atoms with E-state index in [9.17, 15) is 9.18 Å². The van der Waals surface area contributed by atoms with Gasteiger partial charge in [-0.3, -0.25) is 4.79 Å². The molecule has 1 unspecified atom stereocenters. The Balaban J connectivity index is 2.24. The van der Waals surface area contributed by atoms with Gasteiger partial charge in [0.1, 0.15) is 5.82 Å². The molecule has 110 valence electrons. The summed E-state index contributed by atoms with van der Waals surface area (Å²) in [5, 5.41) is 0.485. The highest BCUT2D eigenvalue weighted by Gasteiger charge is 2.20. The van der Waals surface area contributed by atoms with Crippen LogP contribution in [0, 0.1) is 5.82 Å². The van der Waals surface area contributed by atoms with E-state index in [1.165, 1.54) is 12.1 Å². The molecule has 21 heavy (non-hydrogen) atoms. The number of hydrogen-bond donors (Lipinski definition) is 1. The molecule has 2 aromatic carbocycles. The van der Waals surface area contributed by atoms with Crippen LogP contribution in [0.15, 0.2) is 42.5 Å². The van der Waals surface area contributed by atoms with E-state index in [2.05, 4.69) is 0 Å². The number of anilines is 1. The second kappa shape index (κ2) is 6.14. The molecule has 5 heteroatoms. The van der Waals surface area contributed by atoms with Crippen LogP contribution in [0.4, 0.5) is 10.1 Å². The fourth-order valence-corrected chi connectivity index (χ4v) is 2.24. The van der Waals surface area contributed by atoms with Crippen LogP contribution in [0.25, 0.3) is 0 Å². The molecule has 0 saturated heterocycles. The highest BCUT2D eigenvalue weighted by molar-refractivity contribution is 6.31. The zero-order valence-electron chi connectivity index (χ0n) is 11.8. The summed E-state index contributed by atoms with van der Waals surface area (Å²) >= 11 is 5.83. The Hall–Kier alpha value is -2.07. The Labute approximate surface area is 128 Å². The molecule has 0 heterocycles. The minimum atomic E-state index is -0.304. The van der Waals surface area contributed by atoms with Crippen LogP contribution in [-0.2, 0) is 0 Å². The van der Waals surface area contributed by atoms with E-state index in [0.29, 0.717) is 16.3 Å². The molecule has 1 atom stereocenters. The van der Waals surface area contributed by atoms with Crippen LogP contribution in [0.5, 0.6) is 0 Å². The van der Waals surface area contributed by atoms with Crippen molar-refractivity contribution in [1.29, 1.82) is 0 Å². The predicted octanol–water partition coefficient (Wildman–Crippen LogP) is 3.89. The van der Waals surface area contributed by atoms with E-state index < -0.39 is 0 Å². The molecular formula is C16H16ClFN2O. The number of carbonyl (C=O) groups is 1. The molecule has 0 aliphatic carbocycles. The molecule has 2 rings (SSSR count). The molecule has 0 spiro atoms. The summed E-state index contributed by atoms with van der Waals surface area (Å²) in [4.78, 5) is 14.0. The average Bonchev–Trinajstić information content (AvgIpc) is 2.46. The van der Waals surface area contributed by atoms with Crippen molar-refractivity contribution in [3.8, 4) is 0 Å². The highest BCUT2D eigenvalue weighted by Crippen LogP contribution is 2.24. The standard InChI is InChI=1S/C16H16ClFN2O/c1-10(11-3-6-13(18)7-4-11)20(2)16(21)14-8-5-12(17)9-15(14)19/h3-10H,19H2,1-2H3. The summed E-state index contributed by atoms with van der Waals surface area (Å²) in [6.45, 7) is 1.87. The maximum atomic E-state index is 13.0. The summed E-state index contributed by atoms with van der Waals surface area (Å²) in [5.74, 6) is -0.511. The zero-order valence-corrected chi connectivity index (χ0v) is 12.6. The largest absolute Gasteiger partial charge is 0.398 e. The van der Waals surface area contributed by atoms with Crippen molar-refractivity contribution >= 4 is 23.2 Å². The monoisotopic (exact) mass is 306 g/mol. The van der Waals surface area contributed by atoms with Crippen molar-refractivity contribution in [2.75, 3.05) is 12.8 Å². The number of rotatable bonds is 3. The smallest absolute Gasteiger partial charge is 0.256 e. The van der Waals surface area contributed by atoms with E-state index >= 15 is 0 Å². The zero-order chi connectivity index (χ0) is 15.6. The minimum Gasteiger partial charge on any atom is -0.398 e. The molecule has 0 fully saturated rings. The lowest BCUT2D eigenvalue weighted by Crippen LogP contribution is -2.30. The minimum absolute atomic E-state index is 0.201. The van der Waals surface area contributed by atoms with Gasteiger partial charge in [0.05, 0.1) is 11.6 Å². The highest BCUT2D eigenvalue weighted by atomic mass is 35.5. The molecule has 0 aliphatic heterocycles. The molecule has 0 saturated carbocycles. The van der Waals surface area contributed by atoms with Crippen LogP contribution in [-0.4, -0.2) is 17.9 Å². The van der Waals surface area contributed by atoms with Crippen LogP contribution in [0.3, 0.4) is 0 Å². The van der Waals surface area contributed by atoms with Crippen LogP contribution < -0.4 is 5.73 Å². The normalized spacial score (nSPS) is 12.0. The Morgan fingerprint density at radius 1 is 1.24 bits per heavy atom. The van der Waals surface area contributed by atoms with Gasteiger partial charge in [-0.05, 0) is 42.8 Å². The quantitative estimate of drug-likeness (QED) is 0.874. The molecule has 3 nitrogen and oxygen atoms in total. The van der Waals surface area contributed by atoms with Gasteiger partial charge in [0.15, 0.2) is 0 Å². The van der Waals surface area contributed by atoms with Crippen molar-refractivity contribution < 1.29 is 9.18 Å². The Kier molecular flexibility index (Phi) is 4.48. The summed E-state index contributed by atoms with van der Waals surface area (Å²) in [5.41, 5.74) is 7.42. The number of nitrogens with zero attached hydrogens (tertiary/aromatic N) is 1. The molecule has 2 aromatic rings. The number of amides is 1. The van der Waals surface area contributed by atoms with Crippen LogP contribution >= 0.6 is 11.6 Å². The van der Waals surface area contributed by atoms with Gasteiger partial charge < -0.3 is 10.6 Å². The van der Waals surface area contributed by atoms with Gasteiger partial charge in [-0.25, -0.2) is 4.39 Å². The Bertz CT molecular complexity index is 658. The first kappa shape index (κ1) is 15.3. The number of nitrogen functional groups attached to an aromatic ring is 1. The van der Waals surface area contributed by atoms with Gasteiger partial charge >= 0.3 is 0 Å². The third kappa shape index (κ3) is 3.34. The molecule has 1 amide bonds. The summed E-state index contributed by atoms with van der Waals surface area (Å²) in [7, 11) is 1.68. The first-order chi connectivity index (χ1) is 9.90. The van der Waals surface area contributed by atoms with E-state index in [4.69, 9.17) is 17.3 Å². The second-order valence-electron chi connectivity index (χ2n) is 4.88. The lowest BCUT2D eigenvalue weighted by molar-refractivity contribution is 0.0743. The van der Waals surface area contributed by atoms with Gasteiger partial charge in [-0.15, -0.1) is 0 Å². The summed E-state index contributed by atoms with van der Waals surface area (Å²) in [6, 6.07) is 10.7. The third-order valence-corrected chi connectivity index (χ3v) is 3.73. The number of hydrogen-bond acceptors (Lipinski definition) is 2. The van der Waals surface area contributed by atoms with Gasteiger partial charge in [0, 0.05) is 17.8 Å². The van der Waals surface area contributed by atoms with E-state index in [1.54, 1.807) is 42.3 Å². The van der Waals surface area contributed by atoms with Crippen molar-refractivity contribution in [2.45, 2.75) is 13.0 Å². The van der Waals surface area contributed by atoms with Crippen LogP contribution in [0.1, 0.15) is 28.9 Å². The number of carbonyl (C=O) groups excluding carboxylic acids is 1. The number of nitrogens with two attached hydrogens (primary N) is 1. The Morgan fingerprint density at radius 3 is 2.43 bits per heavy atom. The number of halogens is 2. The second-order valence-corrected chi connectivity index (χ2v) is 5.31. The SMILES string of the molecule is CC(c1ccc(F)cc1)N(C)C(=O)c1ccc(Cl)cc1N. The summed E-state index contributed by atoms with van der Waals surface area (Å²) in [6.07, 6.45) is 0. The lowest BCUT2D eigenvalue weighted by Gasteiger charge is -2.26. The fraction of sp³-hybridized carbons (Fsp3) is 0.188. The number of benzene rings is 2. The molecule has 0 bridgehead atoms. The van der Waals surface area contributed by atoms with Crippen molar-refractivity contribution in [2.24, 2.45) is 0 Å². The van der Waals surface area contributed by atoms with E-state index in [1.807, 2.05) is 6.92 Å². The molecule has 0 radical (unpaired) electrons. The van der Waals surface area contributed by atoms with Crippen molar-refractivity contribution in [3.63, 3.8) is 0 Å². The van der Waals surface area contributed by atoms with Crippen LogP contribution in [0.2, 0.25) is 5.02 Å². The average molecular weight is 307 g/mol. The maximum absolute atomic E-state index is 13.0. The molecule has 2 N–H and O–H groups in total. The third-order valence-electron chi connectivity index (χ3n) is 3.50. The predicted molar refractivity (Wildman–Crippen MR) is 82.8 cm³/mol. The van der Waals surface area contributed by atoms with E-state index in [0.717, 1.165) is 5.56 Å².